The number of hydrogen-bond donors (Lipinski definition) is 0. The lowest BCUT2D eigenvalue weighted by atomic mass is 9.75. The zero-order chi connectivity index (χ0) is 11.9. The van der Waals surface area contributed by atoms with E-state index < -0.39 is 0 Å². The van der Waals surface area contributed by atoms with Gasteiger partial charge in [-0.15, -0.1) is 0 Å². The molecule has 0 saturated heterocycles. The Morgan fingerprint density at radius 1 is 1.35 bits per heavy atom. The van der Waals surface area contributed by atoms with Gasteiger partial charge in [0.05, 0.1) is 12.1 Å². The number of hydrogen-bond acceptors (Lipinski definition) is 2. The second-order valence-corrected chi connectivity index (χ2v) is 6.05. The molecule has 0 aliphatic heterocycles. The molecule has 3 nitrogen and oxygen atoms in total. The van der Waals surface area contributed by atoms with Crippen LogP contribution in [0.4, 0.5) is 0 Å². The second kappa shape index (κ2) is 3.84. The van der Waals surface area contributed by atoms with Crippen molar-refractivity contribution in [3.63, 3.8) is 0 Å². The predicted molar refractivity (Wildman–Crippen MR) is 66.8 cm³/mol. The van der Waals surface area contributed by atoms with Gasteiger partial charge in [-0.25, -0.2) is 0 Å². The Kier molecular flexibility index (Phi) is 2.54. The molecular formula is C14H22N2O. The molecule has 1 atom stereocenters. The zero-order valence-electron chi connectivity index (χ0n) is 10.9. The van der Waals surface area contributed by atoms with Gasteiger partial charge in [-0.05, 0) is 56.9 Å². The number of ether oxygens (including phenoxy) is 1. The molecule has 0 amide bonds. The van der Waals surface area contributed by atoms with Crippen LogP contribution in [-0.2, 0) is 11.3 Å². The van der Waals surface area contributed by atoms with Crippen LogP contribution in [0.5, 0.6) is 0 Å². The molecule has 0 N–H and O–H groups in total. The van der Waals surface area contributed by atoms with E-state index in [2.05, 4.69) is 22.8 Å². The molecule has 3 heteroatoms. The van der Waals surface area contributed by atoms with Crippen molar-refractivity contribution in [3.05, 3.63) is 18.0 Å². The first kappa shape index (κ1) is 11.3. The molecule has 2 aliphatic rings. The molecule has 2 fully saturated rings. The van der Waals surface area contributed by atoms with Gasteiger partial charge in [0.1, 0.15) is 0 Å². The first-order chi connectivity index (χ1) is 8.17. The van der Waals surface area contributed by atoms with Crippen LogP contribution < -0.4 is 0 Å². The lowest BCUT2D eigenvalue weighted by Crippen LogP contribution is -2.42. The minimum atomic E-state index is 0.0333. The van der Waals surface area contributed by atoms with Gasteiger partial charge in [-0.2, -0.15) is 5.10 Å². The Bertz CT molecular complexity index is 408. The third kappa shape index (κ3) is 2.01. The molecule has 1 aromatic rings. The Hall–Kier alpha value is -0.830. The van der Waals surface area contributed by atoms with Gasteiger partial charge in [0.25, 0.3) is 0 Å². The summed E-state index contributed by atoms with van der Waals surface area (Å²) in [6.07, 6.45) is 9.85. The molecule has 0 radical (unpaired) electrons. The highest BCUT2D eigenvalue weighted by Crippen LogP contribution is 2.59. The van der Waals surface area contributed by atoms with Gasteiger partial charge in [0.15, 0.2) is 0 Å². The largest absolute Gasteiger partial charge is 0.376 e. The van der Waals surface area contributed by atoms with E-state index in [1.807, 2.05) is 13.3 Å². The quantitative estimate of drug-likeness (QED) is 0.804. The molecule has 1 spiro atoms. The summed E-state index contributed by atoms with van der Waals surface area (Å²) in [5.74, 6) is 0. The summed E-state index contributed by atoms with van der Waals surface area (Å²) >= 11 is 0. The molecule has 2 saturated carbocycles. The van der Waals surface area contributed by atoms with E-state index >= 15 is 0 Å². The van der Waals surface area contributed by atoms with Crippen LogP contribution >= 0.6 is 0 Å². The minimum Gasteiger partial charge on any atom is -0.376 e. The van der Waals surface area contributed by atoms with E-state index in [-0.39, 0.29) is 5.60 Å². The van der Waals surface area contributed by atoms with Crippen LogP contribution in [0, 0.1) is 12.3 Å². The van der Waals surface area contributed by atoms with E-state index in [1.165, 1.54) is 44.2 Å². The highest BCUT2D eigenvalue weighted by molar-refractivity contribution is 5.05. The standard InChI is InChI=1S/C14H22N2O/c1-12-4-9-15-16(12)11-14(17-2)6-3-5-13(10-14)7-8-13/h4,9H,3,5-8,10-11H2,1-2H3. The normalized spacial score (nSPS) is 30.7. The lowest BCUT2D eigenvalue weighted by Gasteiger charge is -2.40. The van der Waals surface area contributed by atoms with E-state index in [9.17, 15) is 0 Å². The minimum absolute atomic E-state index is 0.0333. The van der Waals surface area contributed by atoms with Gasteiger partial charge >= 0.3 is 0 Å². The SMILES string of the molecule is COC1(Cn2nccc2C)CCCC2(CC2)C1. The topological polar surface area (TPSA) is 27.1 Å². The first-order valence-corrected chi connectivity index (χ1v) is 6.71. The van der Waals surface area contributed by atoms with Gasteiger partial charge in [-0.3, -0.25) is 4.68 Å². The van der Waals surface area contributed by atoms with Crippen LogP contribution in [0.1, 0.15) is 44.2 Å². The monoisotopic (exact) mass is 234 g/mol. The van der Waals surface area contributed by atoms with Crippen molar-refractivity contribution in [2.75, 3.05) is 7.11 Å². The maximum absolute atomic E-state index is 5.92. The number of methoxy groups -OCH3 is 1. The number of rotatable bonds is 3. The molecule has 1 heterocycles. The lowest BCUT2D eigenvalue weighted by molar-refractivity contribution is -0.0737. The molecule has 17 heavy (non-hydrogen) atoms. The smallest absolute Gasteiger partial charge is 0.0879 e. The summed E-state index contributed by atoms with van der Waals surface area (Å²) in [6, 6.07) is 2.07. The van der Waals surface area contributed by atoms with E-state index in [4.69, 9.17) is 4.74 Å². The summed E-state index contributed by atoms with van der Waals surface area (Å²) in [6.45, 7) is 3.04. The van der Waals surface area contributed by atoms with E-state index in [1.54, 1.807) is 0 Å². The molecular weight excluding hydrogens is 212 g/mol. The fraction of sp³-hybridized carbons (Fsp3) is 0.786. The maximum atomic E-state index is 5.92. The molecule has 3 rings (SSSR count). The molecule has 1 unspecified atom stereocenters. The number of aromatic nitrogens is 2. The Morgan fingerprint density at radius 3 is 2.76 bits per heavy atom. The molecule has 94 valence electrons. The molecule has 0 bridgehead atoms. The zero-order valence-corrected chi connectivity index (χ0v) is 10.9. The first-order valence-electron chi connectivity index (χ1n) is 6.71. The predicted octanol–water partition coefficient (Wildman–Crippen LogP) is 2.93. The van der Waals surface area contributed by atoms with Gasteiger partial charge in [-0.1, -0.05) is 0 Å². The van der Waals surface area contributed by atoms with Crippen molar-refractivity contribution >= 4 is 0 Å². The van der Waals surface area contributed by atoms with Crippen molar-refractivity contribution < 1.29 is 4.74 Å². The Morgan fingerprint density at radius 2 is 2.18 bits per heavy atom. The summed E-state index contributed by atoms with van der Waals surface area (Å²) < 4.78 is 8.02. The van der Waals surface area contributed by atoms with Crippen LogP contribution in [0.25, 0.3) is 0 Å². The van der Waals surface area contributed by atoms with Crippen molar-refractivity contribution in [2.24, 2.45) is 5.41 Å². The third-order valence-electron chi connectivity index (χ3n) is 4.79. The van der Waals surface area contributed by atoms with Crippen molar-refractivity contribution in [3.8, 4) is 0 Å². The maximum Gasteiger partial charge on any atom is 0.0879 e. The summed E-state index contributed by atoms with van der Waals surface area (Å²) in [7, 11) is 1.88. The summed E-state index contributed by atoms with van der Waals surface area (Å²) in [5.41, 5.74) is 1.90. The van der Waals surface area contributed by atoms with Crippen LogP contribution in [0.15, 0.2) is 12.3 Å². The summed E-state index contributed by atoms with van der Waals surface area (Å²) in [5, 5.41) is 4.41. The van der Waals surface area contributed by atoms with Crippen LogP contribution in [0.3, 0.4) is 0 Å². The van der Waals surface area contributed by atoms with Gasteiger partial charge < -0.3 is 4.74 Å². The average Bonchev–Trinajstić information content (AvgIpc) is 2.94. The van der Waals surface area contributed by atoms with Crippen LogP contribution in [-0.4, -0.2) is 22.5 Å². The summed E-state index contributed by atoms with van der Waals surface area (Å²) in [4.78, 5) is 0. The average molecular weight is 234 g/mol. The fourth-order valence-electron chi connectivity index (χ4n) is 3.46. The van der Waals surface area contributed by atoms with Crippen molar-refractivity contribution in [1.82, 2.24) is 9.78 Å². The molecule has 0 aromatic carbocycles. The Balaban J connectivity index is 1.79. The van der Waals surface area contributed by atoms with Gasteiger partial charge in [0, 0.05) is 19.0 Å². The highest BCUT2D eigenvalue weighted by Gasteiger charge is 2.51. The van der Waals surface area contributed by atoms with Crippen LogP contribution in [0.2, 0.25) is 0 Å². The number of nitrogens with zero attached hydrogens (tertiary/aromatic N) is 2. The van der Waals surface area contributed by atoms with Crippen molar-refractivity contribution in [1.29, 1.82) is 0 Å². The fourth-order valence-corrected chi connectivity index (χ4v) is 3.46. The van der Waals surface area contributed by atoms with E-state index in [0.717, 1.165) is 6.54 Å². The molecule has 1 aromatic heterocycles. The van der Waals surface area contributed by atoms with Gasteiger partial charge in [0.2, 0.25) is 0 Å². The molecule has 2 aliphatic carbocycles. The van der Waals surface area contributed by atoms with Crippen molar-refractivity contribution in [2.45, 2.75) is 57.6 Å². The number of aryl methyl sites for hydroxylation is 1. The third-order valence-corrected chi connectivity index (χ3v) is 4.79. The Labute approximate surface area is 103 Å². The highest BCUT2D eigenvalue weighted by atomic mass is 16.5. The second-order valence-electron chi connectivity index (χ2n) is 6.05. The van der Waals surface area contributed by atoms with E-state index in [0.29, 0.717) is 5.41 Å².